The summed E-state index contributed by atoms with van der Waals surface area (Å²) in [4.78, 5) is 23.4. The fourth-order valence-corrected chi connectivity index (χ4v) is 4.44. The lowest BCUT2D eigenvalue weighted by Gasteiger charge is -2.30. The predicted molar refractivity (Wildman–Crippen MR) is 119 cm³/mol. The molecule has 2 aromatic heterocycles. The summed E-state index contributed by atoms with van der Waals surface area (Å²) in [5, 5.41) is 0. The van der Waals surface area contributed by atoms with Gasteiger partial charge in [-0.2, -0.15) is 0 Å². The summed E-state index contributed by atoms with van der Waals surface area (Å²) in [5.74, 6) is 0.0684. The molecule has 5 rings (SSSR count). The topological polar surface area (TPSA) is 81.3 Å². The van der Waals surface area contributed by atoms with Gasteiger partial charge in [0.15, 0.2) is 0 Å². The second-order valence-electron chi connectivity index (χ2n) is 8.51. The number of amides is 1. The van der Waals surface area contributed by atoms with Gasteiger partial charge in [-0.15, -0.1) is 0 Å². The number of carbonyl (C=O) groups is 1. The van der Waals surface area contributed by atoms with E-state index in [1.807, 2.05) is 6.20 Å². The van der Waals surface area contributed by atoms with Crippen molar-refractivity contribution in [2.45, 2.75) is 38.3 Å². The number of benzene rings is 1. The first-order chi connectivity index (χ1) is 15.5. The van der Waals surface area contributed by atoms with Gasteiger partial charge in [-0.05, 0) is 66.3 Å². The van der Waals surface area contributed by atoms with Crippen molar-refractivity contribution in [1.82, 2.24) is 14.9 Å². The van der Waals surface area contributed by atoms with Crippen LogP contribution in [0.25, 0.3) is 11.1 Å². The molecule has 1 aliphatic carbocycles. The fourth-order valence-electron chi connectivity index (χ4n) is 4.44. The molecule has 3 aromatic rings. The summed E-state index contributed by atoms with van der Waals surface area (Å²) < 4.78 is 19.2. The molecule has 1 fully saturated rings. The van der Waals surface area contributed by atoms with Crippen molar-refractivity contribution in [3.05, 3.63) is 76.6 Å². The van der Waals surface area contributed by atoms with Gasteiger partial charge in [0.1, 0.15) is 17.3 Å². The van der Waals surface area contributed by atoms with E-state index in [0.717, 1.165) is 41.9 Å². The number of pyridine rings is 2. The Kier molecular flexibility index (Phi) is 5.35. The third kappa shape index (κ3) is 4.08. The number of aromatic nitrogens is 2. The minimum absolute atomic E-state index is 0.201. The Morgan fingerprint density at radius 3 is 2.81 bits per heavy atom. The van der Waals surface area contributed by atoms with Crippen LogP contribution in [0.4, 0.5) is 4.39 Å². The summed E-state index contributed by atoms with van der Waals surface area (Å²) >= 11 is 0. The number of carbonyl (C=O) groups excluding carboxylic acids is 1. The molecule has 2 N–H and O–H groups in total. The van der Waals surface area contributed by atoms with Crippen LogP contribution < -0.4 is 10.5 Å². The van der Waals surface area contributed by atoms with Gasteiger partial charge in [0.25, 0.3) is 5.91 Å². The number of primary amides is 1. The molecule has 0 unspecified atom stereocenters. The number of fused-ring (bicyclic) bond motifs is 1. The molecule has 1 aliphatic heterocycles. The van der Waals surface area contributed by atoms with Crippen molar-refractivity contribution in [2.24, 2.45) is 5.73 Å². The number of ether oxygens (including phenoxy) is 1. The number of hydrogen-bond acceptors (Lipinski definition) is 5. The molecule has 0 spiro atoms. The molecule has 7 heteroatoms. The van der Waals surface area contributed by atoms with Gasteiger partial charge in [-0.3, -0.25) is 14.7 Å². The minimum atomic E-state index is -0.588. The molecule has 6 nitrogen and oxygen atoms in total. The van der Waals surface area contributed by atoms with Crippen LogP contribution in [0.1, 0.15) is 51.8 Å². The lowest BCUT2D eigenvalue weighted by Crippen LogP contribution is -2.32. The highest BCUT2D eigenvalue weighted by Gasteiger charge is 2.27. The summed E-state index contributed by atoms with van der Waals surface area (Å²) in [5.41, 5.74) is 11.6. The smallest absolute Gasteiger partial charge is 0.267 e. The van der Waals surface area contributed by atoms with E-state index in [2.05, 4.69) is 27.0 Å². The highest BCUT2D eigenvalue weighted by molar-refractivity contribution is 5.93. The normalized spacial score (nSPS) is 15.9. The summed E-state index contributed by atoms with van der Waals surface area (Å²) in [7, 11) is 1.51. The fraction of sp³-hybridized carbons (Fsp3) is 0.320. The van der Waals surface area contributed by atoms with Crippen LogP contribution in [-0.2, 0) is 19.5 Å². The Labute approximate surface area is 186 Å². The summed E-state index contributed by atoms with van der Waals surface area (Å²) in [6, 6.07) is 10.4. The van der Waals surface area contributed by atoms with E-state index in [4.69, 9.17) is 10.5 Å². The highest BCUT2D eigenvalue weighted by Crippen LogP contribution is 2.39. The van der Waals surface area contributed by atoms with E-state index < -0.39 is 5.91 Å². The zero-order valence-corrected chi connectivity index (χ0v) is 18.0. The molecule has 0 atom stereocenters. The minimum Gasteiger partial charge on any atom is -0.496 e. The average Bonchev–Trinajstić information content (AvgIpc) is 3.64. The second kappa shape index (κ2) is 8.31. The monoisotopic (exact) mass is 432 g/mol. The predicted octanol–water partition coefficient (Wildman–Crippen LogP) is 3.83. The van der Waals surface area contributed by atoms with Crippen LogP contribution in [-0.4, -0.2) is 34.4 Å². The van der Waals surface area contributed by atoms with Gasteiger partial charge in [0.2, 0.25) is 0 Å². The van der Waals surface area contributed by atoms with Crippen LogP contribution in [0.2, 0.25) is 0 Å². The van der Waals surface area contributed by atoms with Gasteiger partial charge in [0.05, 0.1) is 12.8 Å². The molecule has 2 aliphatic rings. The van der Waals surface area contributed by atoms with Crippen LogP contribution in [0.3, 0.4) is 0 Å². The van der Waals surface area contributed by atoms with Crippen LogP contribution in [0, 0.1) is 5.82 Å². The molecule has 0 radical (unpaired) electrons. The maximum Gasteiger partial charge on any atom is 0.267 e. The Hall–Kier alpha value is -3.32. The van der Waals surface area contributed by atoms with E-state index in [9.17, 15) is 9.18 Å². The van der Waals surface area contributed by atoms with Crippen molar-refractivity contribution < 1.29 is 13.9 Å². The van der Waals surface area contributed by atoms with Crippen molar-refractivity contribution >= 4 is 5.91 Å². The molecule has 32 heavy (non-hydrogen) atoms. The van der Waals surface area contributed by atoms with Crippen molar-refractivity contribution in [2.75, 3.05) is 13.7 Å². The van der Waals surface area contributed by atoms with Gasteiger partial charge >= 0.3 is 0 Å². The lowest BCUT2D eigenvalue weighted by molar-refractivity contribution is 0.0995. The van der Waals surface area contributed by atoms with Gasteiger partial charge < -0.3 is 10.5 Å². The Morgan fingerprint density at radius 2 is 2.06 bits per heavy atom. The van der Waals surface area contributed by atoms with E-state index in [0.29, 0.717) is 18.2 Å². The zero-order chi connectivity index (χ0) is 22.2. The molecule has 1 saturated carbocycles. The molecule has 164 valence electrons. The van der Waals surface area contributed by atoms with Crippen molar-refractivity contribution in [3.8, 4) is 16.9 Å². The van der Waals surface area contributed by atoms with Gasteiger partial charge in [0, 0.05) is 49.1 Å². The van der Waals surface area contributed by atoms with E-state index >= 15 is 0 Å². The van der Waals surface area contributed by atoms with Crippen molar-refractivity contribution in [1.29, 1.82) is 0 Å². The largest absolute Gasteiger partial charge is 0.496 e. The van der Waals surface area contributed by atoms with Crippen molar-refractivity contribution in [3.63, 3.8) is 0 Å². The maximum absolute atomic E-state index is 13.8. The first-order valence-corrected chi connectivity index (χ1v) is 10.9. The Balaban J connectivity index is 1.48. The SMILES string of the molecule is COc1cc(F)ccc1-c1cc(C(N)=O)nc2c1CCN(Cc1ccnc(C3CC3)c1)C2. The van der Waals surface area contributed by atoms with E-state index in [-0.39, 0.29) is 11.5 Å². The average molecular weight is 432 g/mol. The number of halogens is 1. The zero-order valence-electron chi connectivity index (χ0n) is 18.0. The Morgan fingerprint density at radius 1 is 1.22 bits per heavy atom. The maximum atomic E-state index is 13.8. The summed E-state index contributed by atoms with van der Waals surface area (Å²) in [6.07, 6.45) is 5.10. The number of methoxy groups -OCH3 is 1. The number of rotatable bonds is 6. The van der Waals surface area contributed by atoms with E-state index in [1.54, 1.807) is 12.1 Å². The molecule has 1 aromatic carbocycles. The lowest BCUT2D eigenvalue weighted by atomic mass is 9.92. The molecular weight excluding hydrogens is 407 g/mol. The van der Waals surface area contributed by atoms with Crippen LogP contribution in [0.15, 0.2) is 42.6 Å². The van der Waals surface area contributed by atoms with Gasteiger partial charge in [-0.1, -0.05) is 0 Å². The first kappa shape index (κ1) is 20.6. The summed E-state index contributed by atoms with van der Waals surface area (Å²) in [6.45, 7) is 2.25. The molecule has 1 amide bonds. The molecule has 3 heterocycles. The third-order valence-electron chi connectivity index (χ3n) is 6.21. The quantitative estimate of drug-likeness (QED) is 0.640. The van der Waals surface area contributed by atoms with E-state index in [1.165, 1.54) is 43.3 Å². The number of hydrogen-bond donors (Lipinski definition) is 1. The van der Waals surface area contributed by atoms with Crippen LogP contribution in [0.5, 0.6) is 5.75 Å². The number of nitrogens with two attached hydrogens (primary N) is 1. The molecule has 0 saturated heterocycles. The van der Waals surface area contributed by atoms with Crippen LogP contribution >= 0.6 is 0 Å². The van der Waals surface area contributed by atoms with Gasteiger partial charge in [-0.25, -0.2) is 9.37 Å². The second-order valence-corrected chi connectivity index (χ2v) is 8.51. The highest BCUT2D eigenvalue weighted by atomic mass is 19.1. The Bertz CT molecular complexity index is 1190. The standard InChI is InChI=1S/C25H25FN4O2/c1-32-24-11-17(26)4-5-19(24)20-12-22(25(27)31)29-23-14-30(9-7-18(20)23)13-15-6-8-28-21(10-15)16-2-3-16/h4-6,8,10-12,16H,2-3,7,9,13-14H2,1H3,(H2,27,31). The first-order valence-electron chi connectivity index (χ1n) is 10.9. The third-order valence-corrected chi connectivity index (χ3v) is 6.21. The number of nitrogens with zero attached hydrogens (tertiary/aromatic N) is 3. The molecule has 0 bridgehead atoms. The molecular formula is C25H25FN4O2.